The van der Waals surface area contributed by atoms with Gasteiger partial charge in [-0.1, -0.05) is 35.3 Å². The molecule has 23 heavy (non-hydrogen) atoms. The van der Waals surface area contributed by atoms with Crippen molar-refractivity contribution in [1.82, 2.24) is 0 Å². The minimum atomic E-state index is -1.07. The molecule has 0 radical (unpaired) electrons. The van der Waals surface area contributed by atoms with Gasteiger partial charge in [-0.15, -0.1) is 0 Å². The summed E-state index contributed by atoms with van der Waals surface area (Å²) in [4.78, 5) is 11.6. The highest BCUT2D eigenvalue weighted by Gasteiger charge is 2.14. The Kier molecular flexibility index (Phi) is 5.53. The highest BCUT2D eigenvalue weighted by molar-refractivity contribution is 6.42. The Morgan fingerprint density at radius 3 is 2.26 bits per heavy atom. The number of hydrogen-bond acceptors (Lipinski definition) is 3. The molecular formula is C17H14Cl2O4. The van der Waals surface area contributed by atoms with Crippen molar-refractivity contribution in [3.8, 4) is 11.5 Å². The van der Waals surface area contributed by atoms with Crippen molar-refractivity contribution in [3.05, 3.63) is 57.6 Å². The van der Waals surface area contributed by atoms with Gasteiger partial charge in [-0.25, -0.2) is 4.79 Å². The fourth-order valence-corrected chi connectivity index (χ4v) is 2.35. The van der Waals surface area contributed by atoms with E-state index in [4.69, 9.17) is 32.7 Å². The van der Waals surface area contributed by atoms with Crippen LogP contribution in [0.15, 0.2) is 36.4 Å². The summed E-state index contributed by atoms with van der Waals surface area (Å²) in [6.07, 6.45) is 1.52. The molecule has 0 heterocycles. The molecule has 0 amide bonds. The van der Waals surface area contributed by atoms with Crippen LogP contribution in [0.1, 0.15) is 11.1 Å². The molecule has 0 aliphatic carbocycles. The lowest BCUT2D eigenvalue weighted by Crippen LogP contribution is -2.01. The minimum Gasteiger partial charge on any atom is -0.493 e. The molecule has 0 bridgehead atoms. The maximum atomic E-state index is 11.6. The Labute approximate surface area is 143 Å². The van der Waals surface area contributed by atoms with E-state index in [-0.39, 0.29) is 5.57 Å². The summed E-state index contributed by atoms with van der Waals surface area (Å²) in [5.41, 5.74) is 1.22. The predicted molar refractivity (Wildman–Crippen MR) is 91.5 cm³/mol. The first-order valence-corrected chi connectivity index (χ1v) is 7.34. The summed E-state index contributed by atoms with van der Waals surface area (Å²) < 4.78 is 10.4. The van der Waals surface area contributed by atoms with Gasteiger partial charge in [-0.3, -0.25) is 0 Å². The quantitative estimate of drug-likeness (QED) is 0.629. The van der Waals surface area contributed by atoms with Crippen molar-refractivity contribution in [2.24, 2.45) is 0 Å². The van der Waals surface area contributed by atoms with Crippen molar-refractivity contribution < 1.29 is 19.4 Å². The van der Waals surface area contributed by atoms with Crippen LogP contribution in [0.25, 0.3) is 11.6 Å². The Morgan fingerprint density at radius 1 is 1.00 bits per heavy atom. The second kappa shape index (κ2) is 7.40. The lowest BCUT2D eigenvalue weighted by atomic mass is 10.0. The minimum absolute atomic E-state index is 0.101. The van der Waals surface area contributed by atoms with Crippen molar-refractivity contribution >= 4 is 40.8 Å². The topological polar surface area (TPSA) is 55.8 Å². The smallest absolute Gasteiger partial charge is 0.336 e. The van der Waals surface area contributed by atoms with E-state index in [1.807, 2.05) is 0 Å². The summed E-state index contributed by atoms with van der Waals surface area (Å²) in [5.74, 6) is -0.0925. The van der Waals surface area contributed by atoms with Crippen LogP contribution in [0.5, 0.6) is 11.5 Å². The van der Waals surface area contributed by atoms with Gasteiger partial charge in [-0.05, 0) is 41.5 Å². The molecule has 4 nitrogen and oxygen atoms in total. The number of halogens is 2. The van der Waals surface area contributed by atoms with E-state index < -0.39 is 5.97 Å². The van der Waals surface area contributed by atoms with Gasteiger partial charge in [0, 0.05) is 0 Å². The van der Waals surface area contributed by atoms with E-state index in [0.717, 1.165) is 0 Å². The average Bonchev–Trinajstić information content (AvgIpc) is 2.54. The molecule has 1 N–H and O–H groups in total. The van der Waals surface area contributed by atoms with Crippen LogP contribution >= 0.6 is 23.2 Å². The maximum Gasteiger partial charge on any atom is 0.336 e. The van der Waals surface area contributed by atoms with Crippen LogP contribution in [0.4, 0.5) is 0 Å². The van der Waals surface area contributed by atoms with Crippen molar-refractivity contribution in [2.75, 3.05) is 14.2 Å². The van der Waals surface area contributed by atoms with Crippen LogP contribution in [0, 0.1) is 0 Å². The zero-order chi connectivity index (χ0) is 17.0. The van der Waals surface area contributed by atoms with E-state index in [0.29, 0.717) is 32.7 Å². The molecule has 2 aromatic rings. The number of aliphatic carboxylic acids is 1. The number of hydrogen-bond donors (Lipinski definition) is 1. The molecule has 120 valence electrons. The van der Waals surface area contributed by atoms with Gasteiger partial charge in [0.1, 0.15) is 0 Å². The average molecular weight is 353 g/mol. The van der Waals surface area contributed by atoms with Gasteiger partial charge in [0.25, 0.3) is 0 Å². The van der Waals surface area contributed by atoms with Crippen LogP contribution in [0.2, 0.25) is 10.0 Å². The number of ether oxygens (including phenoxy) is 2. The molecule has 0 unspecified atom stereocenters. The first-order chi connectivity index (χ1) is 11.0. The van der Waals surface area contributed by atoms with Crippen LogP contribution in [-0.2, 0) is 4.79 Å². The molecule has 0 aliphatic heterocycles. The van der Waals surface area contributed by atoms with Gasteiger partial charge in [0.15, 0.2) is 11.5 Å². The van der Waals surface area contributed by atoms with Crippen LogP contribution in [0.3, 0.4) is 0 Å². The fraction of sp³-hybridized carbons (Fsp3) is 0.118. The summed E-state index contributed by atoms with van der Waals surface area (Å²) in [7, 11) is 3.01. The molecule has 0 atom stereocenters. The third kappa shape index (κ3) is 3.97. The number of benzene rings is 2. The molecule has 0 aliphatic rings. The van der Waals surface area contributed by atoms with E-state index >= 15 is 0 Å². The largest absolute Gasteiger partial charge is 0.493 e. The summed E-state index contributed by atoms with van der Waals surface area (Å²) in [5, 5.41) is 10.3. The first-order valence-electron chi connectivity index (χ1n) is 6.58. The van der Waals surface area contributed by atoms with Gasteiger partial charge in [-0.2, -0.15) is 0 Å². The lowest BCUT2D eigenvalue weighted by molar-refractivity contribution is -0.130. The lowest BCUT2D eigenvalue weighted by Gasteiger charge is -2.10. The molecule has 6 heteroatoms. The molecular weight excluding hydrogens is 339 g/mol. The maximum absolute atomic E-state index is 11.6. The zero-order valence-electron chi connectivity index (χ0n) is 12.5. The fourth-order valence-electron chi connectivity index (χ4n) is 2.04. The van der Waals surface area contributed by atoms with E-state index in [9.17, 15) is 9.90 Å². The van der Waals surface area contributed by atoms with Crippen LogP contribution < -0.4 is 9.47 Å². The molecule has 2 rings (SSSR count). The Balaban J connectivity index is 2.52. The number of carbonyl (C=O) groups is 1. The first kappa shape index (κ1) is 17.2. The number of carboxylic acids is 1. The Morgan fingerprint density at radius 2 is 1.70 bits per heavy atom. The molecule has 0 saturated carbocycles. The second-order valence-corrected chi connectivity index (χ2v) is 5.42. The van der Waals surface area contributed by atoms with Crippen molar-refractivity contribution in [1.29, 1.82) is 0 Å². The highest BCUT2D eigenvalue weighted by atomic mass is 35.5. The summed E-state index contributed by atoms with van der Waals surface area (Å²) in [6, 6.07) is 9.82. The SMILES string of the molecule is COc1ccc(C(=Cc2ccc(Cl)c(Cl)c2)C(=O)O)cc1OC. The molecule has 0 fully saturated rings. The van der Waals surface area contributed by atoms with Gasteiger partial charge >= 0.3 is 5.97 Å². The number of carboxylic acid groups (broad SMARTS) is 1. The molecule has 2 aromatic carbocycles. The normalized spacial score (nSPS) is 11.2. The summed E-state index contributed by atoms with van der Waals surface area (Å²) >= 11 is 11.8. The molecule has 0 aromatic heterocycles. The Hall–Kier alpha value is -2.17. The predicted octanol–water partition coefficient (Wildman–Crippen LogP) is 4.64. The standard InChI is InChI=1S/C17H14Cl2O4/c1-22-15-6-4-11(9-16(15)23-2)12(17(20)21)7-10-3-5-13(18)14(19)8-10/h3-9H,1-2H3,(H,20,21). The van der Waals surface area contributed by atoms with Crippen molar-refractivity contribution in [3.63, 3.8) is 0 Å². The second-order valence-electron chi connectivity index (χ2n) is 4.61. The highest BCUT2D eigenvalue weighted by Crippen LogP contribution is 2.32. The van der Waals surface area contributed by atoms with Crippen molar-refractivity contribution in [2.45, 2.75) is 0 Å². The summed E-state index contributed by atoms with van der Waals surface area (Å²) in [6.45, 7) is 0. The van der Waals surface area contributed by atoms with Crippen LogP contribution in [-0.4, -0.2) is 25.3 Å². The third-order valence-electron chi connectivity index (χ3n) is 3.18. The molecule has 0 spiro atoms. The monoisotopic (exact) mass is 352 g/mol. The van der Waals surface area contributed by atoms with E-state index in [2.05, 4.69) is 0 Å². The number of rotatable bonds is 5. The number of methoxy groups -OCH3 is 2. The van der Waals surface area contributed by atoms with Gasteiger partial charge in [0.2, 0.25) is 0 Å². The van der Waals surface area contributed by atoms with E-state index in [1.54, 1.807) is 36.4 Å². The Bertz CT molecular complexity index is 769. The zero-order valence-corrected chi connectivity index (χ0v) is 14.0. The van der Waals surface area contributed by atoms with Gasteiger partial charge < -0.3 is 14.6 Å². The third-order valence-corrected chi connectivity index (χ3v) is 3.92. The molecule has 0 saturated heterocycles. The van der Waals surface area contributed by atoms with E-state index in [1.165, 1.54) is 20.3 Å². The van der Waals surface area contributed by atoms with Gasteiger partial charge in [0.05, 0.1) is 29.8 Å².